The van der Waals surface area contributed by atoms with E-state index in [0.717, 1.165) is 64.2 Å². The molecule has 0 aliphatic heterocycles. The van der Waals surface area contributed by atoms with E-state index in [2.05, 4.69) is 20.8 Å². The molecule has 0 heterocycles. The molecule has 0 saturated heterocycles. The topological polar surface area (TPSA) is 157 Å². The second kappa shape index (κ2) is 27.6. The Balaban J connectivity index is -0.00000208. The Morgan fingerprint density at radius 3 is 1.62 bits per heavy atom. The van der Waals surface area contributed by atoms with Crippen molar-refractivity contribution in [2.75, 3.05) is 33.0 Å². The van der Waals surface area contributed by atoms with Crippen LogP contribution in [-0.2, 0) is 33.4 Å². The van der Waals surface area contributed by atoms with Crippen LogP contribution in [0.15, 0.2) is 0 Å². The number of rotatable bonds is 23. The van der Waals surface area contributed by atoms with Gasteiger partial charge in [-0.05, 0) is 19.8 Å². The molecule has 40 heavy (non-hydrogen) atoms. The zero-order valence-corrected chi connectivity index (χ0v) is 28.5. The van der Waals surface area contributed by atoms with Gasteiger partial charge in [0.05, 0.1) is 45.6 Å². The fourth-order valence-electron chi connectivity index (χ4n) is 3.64. The van der Waals surface area contributed by atoms with E-state index in [0.29, 0.717) is 12.8 Å². The minimum atomic E-state index is -4.64. The fraction of sp³-hybridized carbons (Fsp3) is 0.893. The molecule has 0 aromatic rings. The predicted molar refractivity (Wildman–Crippen MR) is 151 cm³/mol. The maximum atomic E-state index is 13.1. The molecule has 3 atom stereocenters. The first-order valence-electron chi connectivity index (χ1n) is 14.4. The zero-order chi connectivity index (χ0) is 30.2. The summed E-state index contributed by atoms with van der Waals surface area (Å²) < 4.78 is 39.1. The van der Waals surface area contributed by atoms with E-state index in [-0.39, 0.29) is 49.4 Å². The number of hydrogen-bond donors (Lipinski definition) is 3. The second-order valence-corrected chi connectivity index (χ2v) is 11.8. The van der Waals surface area contributed by atoms with Crippen molar-refractivity contribution in [2.45, 2.75) is 122 Å². The van der Waals surface area contributed by atoms with E-state index < -0.39 is 58.5 Å². The molecule has 0 aliphatic carbocycles. The van der Waals surface area contributed by atoms with E-state index in [1.54, 1.807) is 0 Å². The molecule has 10 nitrogen and oxygen atoms in total. The summed E-state index contributed by atoms with van der Waals surface area (Å²) in [7, 11) is -4.64. The van der Waals surface area contributed by atoms with Crippen molar-refractivity contribution in [3.8, 4) is 0 Å². The molecule has 3 N–H and O–H groups in total. The summed E-state index contributed by atoms with van der Waals surface area (Å²) in [4.78, 5) is 25.6. The van der Waals surface area contributed by atoms with Crippen LogP contribution in [0, 0.1) is 12.8 Å². The van der Waals surface area contributed by atoms with Gasteiger partial charge in [-0.15, -0.1) is 5.92 Å². The number of hydrogen-bond acceptors (Lipinski definition) is 10. The molecule has 0 fully saturated rings. The van der Waals surface area contributed by atoms with Gasteiger partial charge >= 0.3 is 41.5 Å². The van der Waals surface area contributed by atoms with Crippen LogP contribution in [-0.4, -0.2) is 79.6 Å². The Morgan fingerprint density at radius 1 is 0.800 bits per heavy atom. The molecule has 0 radical (unpaired) electrons. The molecule has 0 aromatic carbocycles. The summed E-state index contributed by atoms with van der Waals surface area (Å²) in [6.45, 7) is 9.92. The van der Waals surface area contributed by atoms with Gasteiger partial charge in [-0.25, -0.2) is 0 Å². The average molecular weight is 607 g/mol. The van der Waals surface area contributed by atoms with Gasteiger partial charge in [0.15, 0.2) is 4.75 Å². The third-order valence-corrected chi connectivity index (χ3v) is 8.16. The molecule has 234 valence electrons. The van der Waals surface area contributed by atoms with Gasteiger partial charge < -0.3 is 31.7 Å². The molecule has 3 unspecified atom stereocenters. The monoisotopic (exact) mass is 606 g/mol. The minimum absolute atomic E-state index is 0. The first kappa shape index (κ1) is 44.2. The van der Waals surface area contributed by atoms with Crippen molar-refractivity contribution >= 4 is 22.1 Å². The Morgan fingerprint density at radius 2 is 1.23 bits per heavy atom. The number of esters is 2. The molecule has 0 spiro atoms. The molecule has 0 saturated carbocycles. The first-order chi connectivity index (χ1) is 18.5. The van der Waals surface area contributed by atoms with Crippen molar-refractivity contribution in [3.63, 3.8) is 0 Å². The van der Waals surface area contributed by atoms with Gasteiger partial charge in [0.2, 0.25) is 0 Å². The molecule has 0 bridgehead atoms. The Labute approximate surface area is 265 Å². The van der Waals surface area contributed by atoms with Gasteiger partial charge in [0.1, 0.15) is 0 Å². The molecular formula is C28H55NaO10S. The molecular weight excluding hydrogens is 551 g/mol. The van der Waals surface area contributed by atoms with E-state index in [4.69, 9.17) is 29.0 Å². The van der Waals surface area contributed by atoms with E-state index >= 15 is 0 Å². The second-order valence-electron chi connectivity index (χ2n) is 9.89. The average Bonchev–Trinajstić information content (AvgIpc) is 2.89. The molecule has 12 heteroatoms. The molecule has 0 rings (SSSR count). The third kappa shape index (κ3) is 19.8. The van der Waals surface area contributed by atoms with Crippen LogP contribution < -0.4 is 29.6 Å². The van der Waals surface area contributed by atoms with Gasteiger partial charge in [-0.2, -0.15) is 8.42 Å². The van der Waals surface area contributed by atoms with E-state index in [9.17, 15) is 18.0 Å². The fourth-order valence-corrected chi connectivity index (χ4v) is 5.19. The van der Waals surface area contributed by atoms with Crippen molar-refractivity contribution in [1.82, 2.24) is 0 Å². The van der Waals surface area contributed by atoms with E-state index in [1.165, 1.54) is 13.8 Å². The normalized spacial score (nSPS) is 14.1. The number of unbranched alkanes of at least 4 members (excludes halogenated alkanes) is 10. The smallest absolute Gasteiger partial charge is 0.466 e. The van der Waals surface area contributed by atoms with Crippen molar-refractivity contribution < 1.29 is 76.5 Å². The largest absolute Gasteiger partial charge is 1.00 e. The van der Waals surface area contributed by atoms with Crippen molar-refractivity contribution in [2.24, 2.45) is 5.92 Å². The Kier molecular flexibility index (Phi) is 30.4. The SMILES string of the molecule is CC(O)CO.[CH2-]C(C)C(CC(=O)OCCCCCCCC)(C(=O)OCCCCCCCC)S(=O)(=O)OCCO.[Na+]. The third-order valence-electron chi connectivity index (χ3n) is 6.08. The summed E-state index contributed by atoms with van der Waals surface area (Å²) in [5, 5.41) is 25.0. The maximum Gasteiger partial charge on any atom is 1.00 e. The summed E-state index contributed by atoms with van der Waals surface area (Å²) in [5.41, 5.74) is 0. The van der Waals surface area contributed by atoms with Crippen LogP contribution in [0.25, 0.3) is 0 Å². The van der Waals surface area contributed by atoms with Crippen LogP contribution in [0.4, 0.5) is 0 Å². The minimum Gasteiger partial charge on any atom is -0.466 e. The summed E-state index contributed by atoms with van der Waals surface area (Å²) in [6.07, 6.45) is 10.5. The Hall–Kier alpha value is -0.270. The van der Waals surface area contributed by atoms with Gasteiger partial charge in [0.25, 0.3) is 10.1 Å². The summed E-state index contributed by atoms with van der Waals surface area (Å²) >= 11 is 0. The quantitative estimate of drug-likeness (QED) is 0.0506. The first-order valence-corrected chi connectivity index (χ1v) is 15.8. The van der Waals surface area contributed by atoms with Crippen LogP contribution in [0.3, 0.4) is 0 Å². The molecule has 0 aromatic heterocycles. The van der Waals surface area contributed by atoms with Crippen molar-refractivity contribution in [1.29, 1.82) is 0 Å². The zero-order valence-electron chi connectivity index (χ0n) is 25.7. The molecule has 0 amide bonds. The van der Waals surface area contributed by atoms with Crippen LogP contribution >= 0.6 is 0 Å². The number of ether oxygens (including phenoxy) is 2. The van der Waals surface area contributed by atoms with Crippen molar-refractivity contribution in [3.05, 3.63) is 6.92 Å². The van der Waals surface area contributed by atoms with Gasteiger partial charge in [0, 0.05) is 0 Å². The standard InChI is InChI=1S/C25H47O8S.C3H8O2.Na/c1-5-7-9-11-13-15-18-31-23(27)21-25(22(3)4,34(29,30)33-20-17-26)24(28)32-19-16-14-12-10-8-6-2;1-3(5)2-4;/h22,26H,3,5-21H2,1-2,4H3;3-5H,2H2,1H3;/q-1;;+1. The molecule has 0 aliphatic rings. The number of carbonyl (C=O) groups is 2. The Bertz CT molecular complexity index is 716. The summed E-state index contributed by atoms with van der Waals surface area (Å²) in [5.74, 6) is -2.95. The number of aliphatic hydroxyl groups is 3. The van der Waals surface area contributed by atoms with Crippen LogP contribution in [0.2, 0.25) is 0 Å². The maximum absolute atomic E-state index is 13.1. The van der Waals surface area contributed by atoms with Gasteiger partial charge in [-0.1, -0.05) is 85.0 Å². The van der Waals surface area contributed by atoms with Gasteiger partial charge in [-0.3, -0.25) is 13.8 Å². The van der Waals surface area contributed by atoms with Crippen LogP contribution in [0.5, 0.6) is 0 Å². The summed E-state index contributed by atoms with van der Waals surface area (Å²) in [6, 6.07) is 0. The predicted octanol–water partition coefficient (Wildman–Crippen LogP) is 1.10. The van der Waals surface area contributed by atoms with E-state index in [1.807, 2.05) is 0 Å². The van der Waals surface area contributed by atoms with Crippen LogP contribution in [0.1, 0.15) is 111 Å². The number of aliphatic hydroxyl groups excluding tert-OH is 3. The number of carbonyl (C=O) groups excluding carboxylic acids is 2.